The number of aromatic nitrogens is 2. The molecule has 0 spiro atoms. The number of allylic oxidation sites excluding steroid dienone is 1. The second-order valence-corrected chi connectivity index (χ2v) is 5.61. The van der Waals surface area contributed by atoms with Gasteiger partial charge in [-0.05, 0) is 35.9 Å². The summed E-state index contributed by atoms with van der Waals surface area (Å²) >= 11 is 0. The minimum absolute atomic E-state index is 0.443. The number of imidazole rings is 1. The SMILES string of the molecule is COc1cc(C=C(C#N)c2nc3ccccc3n2C)cc(OC)c1OC. The highest BCUT2D eigenvalue weighted by Gasteiger charge is 2.15. The lowest BCUT2D eigenvalue weighted by atomic mass is 10.1. The van der Waals surface area contributed by atoms with Crippen molar-refractivity contribution >= 4 is 22.7 Å². The number of aryl methyl sites for hydroxylation is 1. The van der Waals surface area contributed by atoms with Crippen LogP contribution in [0.2, 0.25) is 0 Å². The van der Waals surface area contributed by atoms with Crippen molar-refractivity contribution in [3.8, 4) is 23.3 Å². The number of fused-ring (bicyclic) bond motifs is 1. The van der Waals surface area contributed by atoms with Gasteiger partial charge in [0.1, 0.15) is 6.07 Å². The van der Waals surface area contributed by atoms with Crippen molar-refractivity contribution in [3.63, 3.8) is 0 Å². The summed E-state index contributed by atoms with van der Waals surface area (Å²) in [6.45, 7) is 0. The van der Waals surface area contributed by atoms with Gasteiger partial charge >= 0.3 is 0 Å². The van der Waals surface area contributed by atoms with E-state index in [2.05, 4.69) is 11.1 Å². The Balaban J connectivity index is 2.15. The summed E-state index contributed by atoms with van der Waals surface area (Å²) in [7, 11) is 6.56. The number of methoxy groups -OCH3 is 3. The molecule has 1 heterocycles. The maximum atomic E-state index is 9.69. The van der Waals surface area contributed by atoms with Gasteiger partial charge in [0, 0.05) is 7.05 Å². The molecule has 0 atom stereocenters. The Morgan fingerprint density at radius 3 is 2.27 bits per heavy atom. The molecular formula is C20H19N3O3. The molecule has 0 saturated carbocycles. The van der Waals surface area contributed by atoms with E-state index in [0.717, 1.165) is 16.6 Å². The van der Waals surface area contributed by atoms with Crippen LogP contribution in [0.5, 0.6) is 17.2 Å². The molecule has 26 heavy (non-hydrogen) atoms. The van der Waals surface area contributed by atoms with Crippen molar-refractivity contribution in [2.24, 2.45) is 7.05 Å². The lowest BCUT2D eigenvalue weighted by Gasteiger charge is -2.13. The number of hydrogen-bond donors (Lipinski definition) is 0. The van der Waals surface area contributed by atoms with Gasteiger partial charge in [-0.15, -0.1) is 0 Å². The largest absolute Gasteiger partial charge is 0.493 e. The molecule has 0 aliphatic carbocycles. The summed E-state index contributed by atoms with van der Waals surface area (Å²) in [5.41, 5.74) is 3.01. The normalized spacial score (nSPS) is 11.3. The first-order valence-corrected chi connectivity index (χ1v) is 7.96. The molecule has 0 fully saturated rings. The molecule has 3 rings (SSSR count). The van der Waals surface area contributed by atoms with Crippen molar-refractivity contribution < 1.29 is 14.2 Å². The van der Waals surface area contributed by atoms with E-state index in [1.54, 1.807) is 39.5 Å². The van der Waals surface area contributed by atoms with Crippen LogP contribution in [0.3, 0.4) is 0 Å². The Morgan fingerprint density at radius 1 is 1.08 bits per heavy atom. The van der Waals surface area contributed by atoms with Gasteiger partial charge in [-0.1, -0.05) is 12.1 Å². The van der Waals surface area contributed by atoms with E-state index in [-0.39, 0.29) is 0 Å². The number of para-hydroxylation sites is 2. The van der Waals surface area contributed by atoms with Crippen LogP contribution in [0, 0.1) is 11.3 Å². The highest BCUT2D eigenvalue weighted by molar-refractivity contribution is 5.91. The van der Waals surface area contributed by atoms with Crippen LogP contribution in [-0.2, 0) is 7.05 Å². The lowest BCUT2D eigenvalue weighted by Crippen LogP contribution is -1.97. The minimum atomic E-state index is 0.443. The first-order chi connectivity index (χ1) is 12.6. The molecule has 6 nitrogen and oxygen atoms in total. The van der Waals surface area contributed by atoms with Crippen molar-refractivity contribution in [3.05, 3.63) is 47.8 Å². The quantitative estimate of drug-likeness (QED) is 0.658. The van der Waals surface area contributed by atoms with Crippen molar-refractivity contribution in [1.82, 2.24) is 9.55 Å². The summed E-state index contributed by atoms with van der Waals surface area (Å²) in [5, 5.41) is 9.69. The third-order valence-electron chi connectivity index (χ3n) is 4.15. The topological polar surface area (TPSA) is 69.3 Å². The van der Waals surface area contributed by atoms with E-state index in [4.69, 9.17) is 14.2 Å². The van der Waals surface area contributed by atoms with Gasteiger partial charge in [0.15, 0.2) is 17.3 Å². The predicted molar refractivity (Wildman–Crippen MR) is 100 cm³/mol. The highest BCUT2D eigenvalue weighted by Crippen LogP contribution is 2.39. The number of ether oxygens (including phenoxy) is 3. The van der Waals surface area contributed by atoms with Gasteiger partial charge in [0.25, 0.3) is 0 Å². The minimum Gasteiger partial charge on any atom is -0.493 e. The van der Waals surface area contributed by atoms with Gasteiger partial charge in [0.2, 0.25) is 5.75 Å². The molecule has 0 aliphatic rings. The highest BCUT2D eigenvalue weighted by atomic mass is 16.5. The van der Waals surface area contributed by atoms with E-state index in [1.165, 1.54) is 0 Å². The Morgan fingerprint density at radius 2 is 1.73 bits per heavy atom. The van der Waals surface area contributed by atoms with Gasteiger partial charge in [-0.3, -0.25) is 0 Å². The zero-order valence-corrected chi connectivity index (χ0v) is 15.1. The molecule has 0 N–H and O–H groups in total. The Bertz CT molecular complexity index is 1000. The molecule has 0 saturated heterocycles. The summed E-state index contributed by atoms with van der Waals surface area (Å²) < 4.78 is 18.0. The van der Waals surface area contributed by atoms with Gasteiger partial charge in [0.05, 0.1) is 37.9 Å². The standard InChI is InChI=1S/C20H19N3O3/c1-23-16-8-6-5-7-15(16)22-20(23)14(12-21)9-13-10-17(24-2)19(26-4)18(11-13)25-3/h5-11H,1-4H3. The number of benzene rings is 2. The van der Waals surface area contributed by atoms with Crippen LogP contribution in [0.4, 0.5) is 0 Å². The summed E-state index contributed by atoms with van der Waals surface area (Å²) in [5.74, 6) is 2.16. The lowest BCUT2D eigenvalue weighted by molar-refractivity contribution is 0.324. The van der Waals surface area contributed by atoms with Crippen LogP contribution in [0.1, 0.15) is 11.4 Å². The van der Waals surface area contributed by atoms with Crippen molar-refractivity contribution in [2.75, 3.05) is 21.3 Å². The monoisotopic (exact) mass is 349 g/mol. The van der Waals surface area contributed by atoms with Crippen LogP contribution in [0.15, 0.2) is 36.4 Å². The Labute approximate surface area is 151 Å². The second-order valence-electron chi connectivity index (χ2n) is 5.61. The number of hydrogen-bond acceptors (Lipinski definition) is 5. The van der Waals surface area contributed by atoms with E-state index < -0.39 is 0 Å². The summed E-state index contributed by atoms with van der Waals surface area (Å²) in [6.07, 6.45) is 1.76. The molecule has 0 aliphatic heterocycles. The van der Waals surface area contributed by atoms with Crippen LogP contribution in [-0.4, -0.2) is 30.9 Å². The molecule has 0 unspecified atom stereocenters. The predicted octanol–water partition coefficient (Wildman–Crippen LogP) is 3.66. The number of nitrogens with zero attached hydrogens (tertiary/aromatic N) is 3. The molecule has 1 aromatic heterocycles. The zero-order chi connectivity index (χ0) is 18.7. The average Bonchev–Trinajstić information content (AvgIpc) is 3.02. The second kappa shape index (κ2) is 7.19. The summed E-state index contributed by atoms with van der Waals surface area (Å²) in [4.78, 5) is 4.58. The van der Waals surface area contributed by atoms with Crippen LogP contribution >= 0.6 is 0 Å². The average molecular weight is 349 g/mol. The summed E-state index contributed by atoms with van der Waals surface area (Å²) in [6, 6.07) is 13.6. The fourth-order valence-electron chi connectivity index (χ4n) is 2.88. The van der Waals surface area contributed by atoms with Crippen LogP contribution < -0.4 is 14.2 Å². The third kappa shape index (κ3) is 2.95. The first kappa shape index (κ1) is 17.4. The van der Waals surface area contributed by atoms with Crippen molar-refractivity contribution in [1.29, 1.82) is 5.26 Å². The molecule has 2 aromatic carbocycles. The number of nitriles is 1. The first-order valence-electron chi connectivity index (χ1n) is 7.96. The molecule has 132 valence electrons. The molecular weight excluding hydrogens is 330 g/mol. The third-order valence-corrected chi connectivity index (χ3v) is 4.15. The van der Waals surface area contributed by atoms with Gasteiger partial charge < -0.3 is 18.8 Å². The molecule has 0 amide bonds. The van der Waals surface area contributed by atoms with Gasteiger partial charge in [-0.25, -0.2) is 4.98 Å². The van der Waals surface area contributed by atoms with Crippen molar-refractivity contribution in [2.45, 2.75) is 0 Å². The van der Waals surface area contributed by atoms with E-state index in [0.29, 0.717) is 28.6 Å². The molecule has 3 aromatic rings. The maximum absolute atomic E-state index is 9.69. The fourth-order valence-corrected chi connectivity index (χ4v) is 2.88. The van der Waals surface area contributed by atoms with Gasteiger partial charge in [-0.2, -0.15) is 5.26 Å². The number of rotatable bonds is 5. The Kier molecular flexibility index (Phi) is 4.81. The maximum Gasteiger partial charge on any atom is 0.203 e. The molecule has 0 bridgehead atoms. The van der Waals surface area contributed by atoms with E-state index >= 15 is 0 Å². The molecule has 0 radical (unpaired) electrons. The molecule has 6 heteroatoms. The van der Waals surface area contributed by atoms with E-state index in [1.807, 2.05) is 35.9 Å². The Hall–Kier alpha value is -3.46. The van der Waals surface area contributed by atoms with E-state index in [9.17, 15) is 5.26 Å². The zero-order valence-electron chi connectivity index (χ0n) is 15.1. The fraction of sp³-hybridized carbons (Fsp3) is 0.200. The van der Waals surface area contributed by atoms with Crippen LogP contribution in [0.25, 0.3) is 22.7 Å². The smallest absolute Gasteiger partial charge is 0.203 e.